The molecule has 2 aromatic rings. The zero-order valence-corrected chi connectivity index (χ0v) is 10.1. The van der Waals surface area contributed by atoms with Crippen LogP contribution >= 0.6 is 0 Å². The lowest BCUT2D eigenvalue weighted by Crippen LogP contribution is -2.02. The maximum absolute atomic E-state index is 12.1. The molecule has 0 saturated carbocycles. The zero-order valence-electron chi connectivity index (χ0n) is 10.1. The van der Waals surface area contributed by atoms with E-state index in [2.05, 4.69) is 0 Å². The number of ketones is 1. The van der Waals surface area contributed by atoms with E-state index in [1.165, 1.54) is 16.8 Å². The highest BCUT2D eigenvalue weighted by Gasteiger charge is 2.18. The average Bonchev–Trinajstić information content (AvgIpc) is 2.94. The SMILES string of the molecule is CCc1ccc(C(=O)c2cc(C(=O)O)n(C)c2)o1. The molecule has 0 unspecified atom stereocenters. The average molecular weight is 247 g/mol. The first kappa shape index (κ1) is 12.2. The van der Waals surface area contributed by atoms with Crippen molar-refractivity contribution in [3.63, 3.8) is 0 Å². The van der Waals surface area contributed by atoms with Crippen molar-refractivity contribution in [3.8, 4) is 0 Å². The molecule has 2 aromatic heterocycles. The quantitative estimate of drug-likeness (QED) is 0.840. The molecule has 0 aromatic carbocycles. The lowest BCUT2D eigenvalue weighted by molar-refractivity contribution is 0.0686. The van der Waals surface area contributed by atoms with Crippen LogP contribution < -0.4 is 0 Å². The summed E-state index contributed by atoms with van der Waals surface area (Å²) in [5, 5.41) is 8.92. The first-order chi connectivity index (χ1) is 8.52. The van der Waals surface area contributed by atoms with E-state index in [4.69, 9.17) is 9.52 Å². The number of aryl methyl sites for hydroxylation is 2. The Labute approximate surface area is 104 Å². The van der Waals surface area contributed by atoms with Gasteiger partial charge in [-0.25, -0.2) is 4.79 Å². The van der Waals surface area contributed by atoms with Crippen molar-refractivity contribution in [2.24, 2.45) is 7.05 Å². The van der Waals surface area contributed by atoms with Crippen LogP contribution in [-0.4, -0.2) is 21.4 Å². The minimum Gasteiger partial charge on any atom is -0.477 e. The summed E-state index contributed by atoms with van der Waals surface area (Å²) in [6.45, 7) is 1.93. The predicted octanol–water partition coefficient (Wildman–Crippen LogP) is 2.11. The molecule has 5 nitrogen and oxygen atoms in total. The molecular weight excluding hydrogens is 234 g/mol. The number of aromatic carboxylic acids is 1. The number of nitrogens with zero attached hydrogens (tertiary/aromatic N) is 1. The third-order valence-corrected chi connectivity index (χ3v) is 2.72. The van der Waals surface area contributed by atoms with Crippen LogP contribution in [0, 0.1) is 0 Å². The van der Waals surface area contributed by atoms with Gasteiger partial charge in [0.25, 0.3) is 0 Å². The maximum Gasteiger partial charge on any atom is 0.352 e. The standard InChI is InChI=1S/C13H13NO4/c1-3-9-4-5-11(18-9)12(15)8-6-10(13(16)17)14(2)7-8/h4-7H,3H2,1-2H3,(H,16,17). The number of carbonyl (C=O) groups is 2. The van der Waals surface area contributed by atoms with Gasteiger partial charge in [-0.1, -0.05) is 6.92 Å². The minimum atomic E-state index is -1.06. The Kier molecular flexibility index (Phi) is 3.06. The second-order valence-corrected chi connectivity index (χ2v) is 3.98. The molecule has 0 atom stereocenters. The number of hydrogen-bond acceptors (Lipinski definition) is 3. The third-order valence-electron chi connectivity index (χ3n) is 2.72. The van der Waals surface area contributed by atoms with Crippen molar-refractivity contribution >= 4 is 11.8 Å². The van der Waals surface area contributed by atoms with Crippen molar-refractivity contribution < 1.29 is 19.1 Å². The maximum atomic E-state index is 12.1. The molecule has 0 spiro atoms. The van der Waals surface area contributed by atoms with Crippen LogP contribution in [-0.2, 0) is 13.5 Å². The van der Waals surface area contributed by atoms with Gasteiger partial charge >= 0.3 is 5.97 Å². The molecule has 0 fully saturated rings. The van der Waals surface area contributed by atoms with Crippen LogP contribution in [0.3, 0.4) is 0 Å². The van der Waals surface area contributed by atoms with Crippen molar-refractivity contribution in [1.29, 1.82) is 0 Å². The van der Waals surface area contributed by atoms with Gasteiger partial charge in [0.05, 0.1) is 0 Å². The molecule has 0 bridgehead atoms. The molecule has 0 saturated heterocycles. The number of carbonyl (C=O) groups excluding carboxylic acids is 1. The minimum absolute atomic E-state index is 0.0700. The fraction of sp³-hybridized carbons (Fsp3) is 0.231. The number of rotatable bonds is 4. The van der Waals surface area contributed by atoms with Gasteiger partial charge in [-0.2, -0.15) is 0 Å². The molecular formula is C13H13NO4. The van der Waals surface area contributed by atoms with Gasteiger partial charge in [0.1, 0.15) is 11.5 Å². The normalized spacial score (nSPS) is 10.6. The van der Waals surface area contributed by atoms with Crippen LogP contribution in [0.4, 0.5) is 0 Å². The van der Waals surface area contributed by atoms with E-state index in [1.807, 2.05) is 6.92 Å². The van der Waals surface area contributed by atoms with Crippen LogP contribution in [0.15, 0.2) is 28.8 Å². The van der Waals surface area contributed by atoms with E-state index in [-0.39, 0.29) is 17.2 Å². The first-order valence-corrected chi connectivity index (χ1v) is 5.56. The van der Waals surface area contributed by atoms with Crippen LogP contribution in [0.5, 0.6) is 0 Å². The van der Waals surface area contributed by atoms with Crippen molar-refractivity contribution in [2.45, 2.75) is 13.3 Å². The van der Waals surface area contributed by atoms with Gasteiger partial charge in [0.15, 0.2) is 5.76 Å². The lowest BCUT2D eigenvalue weighted by Gasteiger charge is -1.93. The van der Waals surface area contributed by atoms with Gasteiger partial charge < -0.3 is 14.1 Å². The third kappa shape index (κ3) is 2.07. The van der Waals surface area contributed by atoms with Gasteiger partial charge in [-0.05, 0) is 18.2 Å². The number of carboxylic acid groups (broad SMARTS) is 1. The number of aromatic nitrogens is 1. The Morgan fingerprint density at radius 1 is 1.39 bits per heavy atom. The number of furan rings is 1. The van der Waals surface area contributed by atoms with E-state index in [9.17, 15) is 9.59 Å². The number of carboxylic acids is 1. The molecule has 18 heavy (non-hydrogen) atoms. The van der Waals surface area contributed by atoms with Gasteiger partial charge in [0.2, 0.25) is 5.78 Å². The Hall–Kier alpha value is -2.30. The largest absolute Gasteiger partial charge is 0.477 e. The van der Waals surface area contributed by atoms with Crippen LogP contribution in [0.1, 0.15) is 39.3 Å². The first-order valence-electron chi connectivity index (χ1n) is 5.56. The number of hydrogen-bond donors (Lipinski definition) is 1. The van der Waals surface area contributed by atoms with E-state index in [0.29, 0.717) is 12.0 Å². The van der Waals surface area contributed by atoms with Crippen molar-refractivity contribution in [3.05, 3.63) is 47.2 Å². The molecule has 0 amide bonds. The molecule has 0 aliphatic heterocycles. The molecule has 94 valence electrons. The summed E-state index contributed by atoms with van der Waals surface area (Å²) in [6, 6.07) is 4.70. The topological polar surface area (TPSA) is 72.4 Å². The summed E-state index contributed by atoms with van der Waals surface area (Å²) in [4.78, 5) is 23.0. The van der Waals surface area contributed by atoms with Crippen molar-refractivity contribution in [1.82, 2.24) is 4.57 Å². The van der Waals surface area contributed by atoms with Gasteiger partial charge in [0, 0.05) is 25.2 Å². The van der Waals surface area contributed by atoms with E-state index < -0.39 is 5.97 Å². The highest BCUT2D eigenvalue weighted by atomic mass is 16.4. The van der Waals surface area contributed by atoms with E-state index in [0.717, 1.165) is 5.76 Å². The molecule has 2 heterocycles. The van der Waals surface area contributed by atoms with Crippen molar-refractivity contribution in [2.75, 3.05) is 0 Å². The Bertz CT molecular complexity index is 606. The highest BCUT2D eigenvalue weighted by molar-refractivity contribution is 6.08. The smallest absolute Gasteiger partial charge is 0.352 e. The monoisotopic (exact) mass is 247 g/mol. The second-order valence-electron chi connectivity index (χ2n) is 3.98. The van der Waals surface area contributed by atoms with Gasteiger partial charge in [-0.15, -0.1) is 0 Å². The Morgan fingerprint density at radius 3 is 2.61 bits per heavy atom. The fourth-order valence-electron chi connectivity index (χ4n) is 1.73. The lowest BCUT2D eigenvalue weighted by atomic mass is 10.2. The van der Waals surface area contributed by atoms with E-state index in [1.54, 1.807) is 19.2 Å². The summed E-state index contributed by atoms with van der Waals surface area (Å²) < 4.78 is 6.75. The molecule has 0 radical (unpaired) electrons. The fourth-order valence-corrected chi connectivity index (χ4v) is 1.73. The molecule has 2 rings (SSSR count). The second kappa shape index (κ2) is 4.52. The summed E-state index contributed by atoms with van der Waals surface area (Å²) in [6.07, 6.45) is 2.20. The molecule has 5 heteroatoms. The summed E-state index contributed by atoms with van der Waals surface area (Å²) in [5.74, 6) is -0.412. The Morgan fingerprint density at radius 2 is 2.11 bits per heavy atom. The summed E-state index contributed by atoms with van der Waals surface area (Å²) in [7, 11) is 1.58. The Balaban J connectivity index is 2.34. The molecule has 0 aliphatic rings. The van der Waals surface area contributed by atoms with Gasteiger partial charge in [-0.3, -0.25) is 4.79 Å². The van der Waals surface area contributed by atoms with E-state index >= 15 is 0 Å². The zero-order chi connectivity index (χ0) is 13.3. The molecule has 0 aliphatic carbocycles. The predicted molar refractivity (Wildman–Crippen MR) is 63.9 cm³/mol. The summed E-state index contributed by atoms with van der Waals surface area (Å²) in [5.41, 5.74) is 0.382. The van der Waals surface area contributed by atoms with Crippen LogP contribution in [0.25, 0.3) is 0 Å². The van der Waals surface area contributed by atoms with Crippen LogP contribution in [0.2, 0.25) is 0 Å². The summed E-state index contributed by atoms with van der Waals surface area (Å²) >= 11 is 0. The molecule has 1 N–H and O–H groups in total. The highest BCUT2D eigenvalue weighted by Crippen LogP contribution is 2.16.